The molecule has 0 saturated heterocycles. The van der Waals surface area contributed by atoms with E-state index in [1.54, 1.807) is 30.3 Å². The maximum atomic E-state index is 11.4. The SMILES string of the molecule is [2H]c1c([2H])c([2H])c(-c2cnc(-n3c4[c-]c(Oc5[c-]c(-n6[c-][n+](-c7c(-c8c([2H])c([2H])c([2H])c([Si](c9c([2H])c([2H])c([2H])c([2H])c9[2H])(c9c([2H])c([2H])c([2H])c([2H])c9[2H])c9c([2H])c([2H])c([2H])c([2H])c9[2H])c8[2H])cc(C([2H])([2H])[2H])cc7[Si](c7c([2H])c([2H])c([2H])c([2H])c7[2H])(c7c([2H])c([2H])c([2H])c([2H])c7[2H])c7c([2H])c([2H])c([2H])c([2H])c7[2H])c7ccccc76)ccc5)ccc4c4ccccc43)cc2C([2H])([2H])[2H])c([2H])c1[2H].[Pt]. The Hall–Kier alpha value is -10.8. The number of pyridine rings is 1. The molecule has 13 aromatic carbocycles. The zero-order valence-electron chi connectivity index (χ0n) is 92.8. The zero-order valence-corrected chi connectivity index (χ0v) is 52.1. The summed E-state index contributed by atoms with van der Waals surface area (Å²) in [5.74, 6) is -0.386. The Morgan fingerprint density at radius 2 is 0.989 bits per heavy atom. The molecule has 0 saturated carbocycles. The predicted molar refractivity (Wildman–Crippen MR) is 388 cm³/mol. The smallest absolute Gasteiger partial charge is 0.268 e. The van der Waals surface area contributed by atoms with E-state index < -0.39 is 341 Å². The summed E-state index contributed by atoms with van der Waals surface area (Å²) in [5.41, 5.74) is -5.97. The molecule has 0 aliphatic carbocycles. The third-order valence-electron chi connectivity index (χ3n) is 15.5. The van der Waals surface area contributed by atoms with E-state index in [1.165, 1.54) is 63.7 Å². The molecular formula is C86H62N4OPtSi2-2. The van der Waals surface area contributed by atoms with Crippen LogP contribution >= 0.6 is 0 Å². The Bertz CT molecular complexity index is 7580. The number of ether oxygens (including phenoxy) is 1. The first-order valence-electron chi connectivity index (χ1n) is 50.5. The number of benzene rings is 13. The zero-order chi connectivity index (χ0) is 101. The second-order valence-electron chi connectivity index (χ2n) is 20.5. The van der Waals surface area contributed by atoms with Crippen molar-refractivity contribution < 1.29 is 92.1 Å². The van der Waals surface area contributed by atoms with Crippen LogP contribution in [-0.4, -0.2) is 30.3 Å². The summed E-state index contributed by atoms with van der Waals surface area (Å²) in [4.78, 5) is 4.65. The van der Waals surface area contributed by atoms with Crippen molar-refractivity contribution >= 4 is 90.5 Å². The Balaban J connectivity index is 0.0000146. The summed E-state index contributed by atoms with van der Waals surface area (Å²) >= 11 is 0. The maximum absolute atomic E-state index is 11.4. The van der Waals surface area contributed by atoms with Gasteiger partial charge in [0.2, 0.25) is 0 Å². The van der Waals surface area contributed by atoms with Crippen LogP contribution in [0.15, 0.2) is 339 Å². The monoisotopic (exact) mass is 1460 g/mol. The summed E-state index contributed by atoms with van der Waals surface area (Å²) in [6, 6.07) is -22.6. The van der Waals surface area contributed by atoms with Crippen molar-refractivity contribution in [1.82, 2.24) is 14.1 Å². The largest absolute Gasteiger partial charge is 0.510 e. The Labute approximate surface area is 628 Å². The molecule has 16 aromatic rings. The van der Waals surface area contributed by atoms with E-state index in [-0.39, 0.29) is 66.2 Å². The Morgan fingerprint density at radius 3 is 1.59 bits per heavy atom. The molecular weight excluding hydrogens is 1360 g/mol. The average molecular weight is 1460 g/mol. The number of hydrogen-bond acceptors (Lipinski definition) is 2. The van der Waals surface area contributed by atoms with Gasteiger partial charge in [-0.25, -0.2) is 4.98 Å². The van der Waals surface area contributed by atoms with Gasteiger partial charge in [-0.1, -0.05) is 301 Å². The van der Waals surface area contributed by atoms with E-state index >= 15 is 0 Å². The van der Waals surface area contributed by atoms with Crippen molar-refractivity contribution in [3.8, 4) is 50.9 Å². The minimum absolute atomic E-state index is 0. The van der Waals surface area contributed by atoms with Gasteiger partial charge in [-0.2, -0.15) is 18.2 Å². The molecule has 0 bridgehead atoms. The number of imidazole rings is 1. The van der Waals surface area contributed by atoms with Crippen LogP contribution in [0.5, 0.6) is 11.5 Å². The summed E-state index contributed by atoms with van der Waals surface area (Å²) < 4.78 is 440. The fraction of sp³-hybridized carbons (Fsp3) is 0.0233. The van der Waals surface area contributed by atoms with Crippen LogP contribution in [-0.2, 0) is 21.1 Å². The molecule has 0 amide bonds. The van der Waals surface area contributed by atoms with Gasteiger partial charge in [0.1, 0.15) is 5.82 Å². The van der Waals surface area contributed by atoms with Crippen LogP contribution < -0.4 is 50.8 Å². The number of para-hydroxylation sites is 3. The molecule has 0 unspecified atom stereocenters. The van der Waals surface area contributed by atoms with E-state index in [0.29, 0.717) is 28.4 Å². The quantitative estimate of drug-likeness (QED) is 0.0444. The molecule has 0 aliphatic heterocycles. The number of aryl methyl sites for hydroxylation is 2. The first kappa shape index (κ1) is 27.8. The standard InChI is InChI=1S/C86H62N4OSi2.Pt/c1-62-54-78(65-32-28-47-75(57-65)92(69-35-12-4-13-36-69,70-37-14-5-15-38-70)71-39-16-6-17-40-71)86(84(55-62)93(72-41-18-7-19-42-72,73-43-20-8-21-44-73)74-45-22-9-23-46-74)89-61-88(81-50-26-27-51-82(81)89)66-33-29-34-67(58-66)91-68-52-53-77-76-48-24-25-49-80(76)90(83(77)59-68)85-56-63(2)79(60-87-85)64-30-10-3-11-31-64;/h3-57,60H,1-2H3;/q-2;/i1D3,2D3,3D,4D,5D,6D,7D,8D,9D,10D,11D,12D,13D,14D,15D,16D,17D,18D,19D,20D,21D,22D,23D,28D,30D,31D,32D,35D,36D,37D,38D,39D,40D,41D,42D,43D,44D,45D,46D,47D,57D;. The van der Waals surface area contributed by atoms with Crippen molar-refractivity contribution in [2.45, 2.75) is 13.7 Å². The summed E-state index contributed by atoms with van der Waals surface area (Å²) in [6.07, 6.45) is 4.20. The van der Waals surface area contributed by atoms with Crippen molar-refractivity contribution in [3.63, 3.8) is 0 Å². The number of rotatable bonds is 15. The third kappa shape index (κ3) is 10.3. The van der Waals surface area contributed by atoms with E-state index in [1.807, 2.05) is 0 Å². The molecule has 452 valence electrons. The van der Waals surface area contributed by atoms with Crippen LogP contribution in [0.2, 0.25) is 0 Å². The molecule has 3 aromatic heterocycles. The molecule has 3 heterocycles. The average Bonchev–Trinajstić information content (AvgIpc) is 1.50. The minimum atomic E-state index is -7.01. The summed E-state index contributed by atoms with van der Waals surface area (Å²) in [6.45, 7) is -6.86. The van der Waals surface area contributed by atoms with Gasteiger partial charge in [0.15, 0.2) is 16.1 Å². The second-order valence-corrected chi connectivity index (χ2v) is 27.5. The number of nitrogens with zero attached hydrogens (tertiary/aromatic N) is 4. The summed E-state index contributed by atoms with van der Waals surface area (Å²) in [5, 5.41) is -9.53. The van der Waals surface area contributed by atoms with Gasteiger partial charge in [0.05, 0.1) is 70.2 Å². The van der Waals surface area contributed by atoms with E-state index in [2.05, 4.69) is 23.4 Å². The molecule has 0 spiro atoms. The summed E-state index contributed by atoms with van der Waals surface area (Å²) in [7, 11) is -14.0. The molecule has 0 atom stereocenters. The molecule has 16 rings (SSSR count). The number of aromatic nitrogens is 4. The van der Waals surface area contributed by atoms with Gasteiger partial charge >= 0.3 is 0 Å². The molecule has 8 heteroatoms. The second kappa shape index (κ2) is 25.4. The fourth-order valence-corrected chi connectivity index (χ4v) is 19.2. The molecule has 0 aliphatic rings. The predicted octanol–water partition coefficient (Wildman–Crippen LogP) is 14.3. The van der Waals surface area contributed by atoms with Crippen LogP contribution in [0.4, 0.5) is 0 Å². The molecule has 0 radical (unpaired) electrons. The van der Waals surface area contributed by atoms with Gasteiger partial charge in [0.25, 0.3) is 6.33 Å². The van der Waals surface area contributed by atoms with Crippen molar-refractivity contribution in [3.05, 3.63) is 369 Å². The number of hydrogen-bond donors (Lipinski definition) is 0. The molecule has 5 nitrogen and oxygen atoms in total. The Morgan fingerprint density at radius 1 is 0.457 bits per heavy atom. The molecule has 0 N–H and O–H groups in total. The van der Waals surface area contributed by atoms with Crippen molar-refractivity contribution in [1.29, 1.82) is 0 Å². The normalized spacial score (nSPS) is 18.7. The van der Waals surface area contributed by atoms with Gasteiger partial charge < -0.3 is 13.9 Å². The van der Waals surface area contributed by atoms with Crippen molar-refractivity contribution in [2.24, 2.45) is 0 Å². The van der Waals surface area contributed by atoms with Crippen LogP contribution in [0.25, 0.3) is 72.3 Å². The van der Waals surface area contributed by atoms with Crippen molar-refractivity contribution in [2.75, 3.05) is 0 Å². The third-order valence-corrected chi connectivity index (χ3v) is 23.7. The number of fused-ring (bicyclic) bond motifs is 4. The van der Waals surface area contributed by atoms with E-state index in [9.17, 15) is 42.5 Å². The van der Waals surface area contributed by atoms with Crippen LogP contribution in [0.3, 0.4) is 0 Å². The first-order valence-corrected chi connectivity index (χ1v) is 32.0. The van der Waals surface area contributed by atoms with E-state index in [0.717, 1.165) is 10.8 Å². The minimum Gasteiger partial charge on any atom is -0.510 e. The van der Waals surface area contributed by atoms with Crippen LogP contribution in [0, 0.1) is 32.2 Å². The van der Waals surface area contributed by atoms with Gasteiger partial charge in [-0.3, -0.25) is 4.57 Å². The van der Waals surface area contributed by atoms with Gasteiger partial charge in [0, 0.05) is 58.1 Å². The molecule has 94 heavy (non-hydrogen) atoms. The fourth-order valence-electron chi connectivity index (χ4n) is 11.6. The van der Waals surface area contributed by atoms with Gasteiger partial charge in [-0.15, -0.1) is 29.7 Å². The van der Waals surface area contributed by atoms with E-state index in [4.69, 9.17) is 23.9 Å². The topological polar surface area (TPSA) is 35.9 Å². The first-order chi connectivity index (χ1) is 64.5. The van der Waals surface area contributed by atoms with Crippen LogP contribution in [0.1, 0.15) is 72.8 Å². The maximum Gasteiger partial charge on any atom is 0.268 e. The molecule has 0 fully saturated rings. The van der Waals surface area contributed by atoms with Gasteiger partial charge in [-0.05, 0) is 101 Å². The Kier molecular flexibility index (Phi) is 7.50.